The van der Waals surface area contributed by atoms with Gasteiger partial charge in [-0.1, -0.05) is 0 Å². The SMILES string of the molecule is CC1OCCC1C(=O)CCl. The molecule has 1 heterocycles. The standard InChI is InChI=1S/C7H11ClO2/c1-5-6(2-3-10-5)7(9)4-8/h5-6H,2-4H2,1H3. The van der Waals surface area contributed by atoms with Gasteiger partial charge in [0.05, 0.1) is 12.0 Å². The van der Waals surface area contributed by atoms with Crippen molar-refractivity contribution in [3.8, 4) is 0 Å². The van der Waals surface area contributed by atoms with E-state index in [0.717, 1.165) is 6.42 Å². The van der Waals surface area contributed by atoms with Crippen molar-refractivity contribution in [2.45, 2.75) is 19.4 Å². The van der Waals surface area contributed by atoms with Crippen LogP contribution >= 0.6 is 11.6 Å². The summed E-state index contributed by atoms with van der Waals surface area (Å²) in [6.45, 7) is 2.62. The fraction of sp³-hybridized carbons (Fsp3) is 0.857. The van der Waals surface area contributed by atoms with Gasteiger partial charge >= 0.3 is 0 Å². The number of hydrogen-bond acceptors (Lipinski definition) is 2. The van der Waals surface area contributed by atoms with E-state index in [1.165, 1.54) is 0 Å². The van der Waals surface area contributed by atoms with Gasteiger partial charge in [-0.3, -0.25) is 4.79 Å². The molecule has 0 aromatic rings. The van der Waals surface area contributed by atoms with Crippen LogP contribution in [-0.2, 0) is 9.53 Å². The molecule has 1 aliphatic rings. The zero-order chi connectivity index (χ0) is 7.56. The molecule has 1 aliphatic heterocycles. The minimum atomic E-state index is 0.0532. The first-order chi connectivity index (χ1) is 4.75. The Bertz CT molecular complexity index is 136. The van der Waals surface area contributed by atoms with Crippen LogP contribution in [0.2, 0.25) is 0 Å². The van der Waals surface area contributed by atoms with Crippen molar-refractivity contribution in [3.63, 3.8) is 0 Å². The number of rotatable bonds is 2. The molecule has 0 spiro atoms. The first-order valence-corrected chi connectivity index (χ1v) is 3.99. The summed E-state index contributed by atoms with van der Waals surface area (Å²) in [4.78, 5) is 11.0. The number of halogens is 1. The molecule has 0 aromatic heterocycles. The van der Waals surface area contributed by atoms with E-state index in [9.17, 15) is 4.79 Å². The van der Waals surface area contributed by atoms with Crippen LogP contribution in [0.5, 0.6) is 0 Å². The van der Waals surface area contributed by atoms with Crippen molar-refractivity contribution in [1.82, 2.24) is 0 Å². The molecule has 0 aromatic carbocycles. The highest BCUT2D eigenvalue weighted by Crippen LogP contribution is 2.21. The lowest BCUT2D eigenvalue weighted by Crippen LogP contribution is -2.22. The number of carbonyl (C=O) groups is 1. The molecule has 3 heteroatoms. The third-order valence-electron chi connectivity index (χ3n) is 1.92. The third-order valence-corrected chi connectivity index (χ3v) is 2.18. The van der Waals surface area contributed by atoms with Crippen LogP contribution in [-0.4, -0.2) is 24.4 Å². The number of alkyl halides is 1. The zero-order valence-electron chi connectivity index (χ0n) is 5.97. The Morgan fingerprint density at radius 1 is 1.80 bits per heavy atom. The second kappa shape index (κ2) is 3.35. The average Bonchev–Trinajstić information content (AvgIpc) is 2.34. The molecule has 0 aliphatic carbocycles. The number of ether oxygens (including phenoxy) is 1. The first kappa shape index (κ1) is 8.02. The van der Waals surface area contributed by atoms with E-state index in [1.807, 2.05) is 6.92 Å². The lowest BCUT2D eigenvalue weighted by atomic mass is 9.99. The van der Waals surface area contributed by atoms with Crippen molar-refractivity contribution in [2.24, 2.45) is 5.92 Å². The lowest BCUT2D eigenvalue weighted by molar-refractivity contribution is -0.121. The maximum atomic E-state index is 11.0. The first-order valence-electron chi connectivity index (χ1n) is 3.46. The van der Waals surface area contributed by atoms with Crippen molar-refractivity contribution in [1.29, 1.82) is 0 Å². The summed E-state index contributed by atoms with van der Waals surface area (Å²) in [7, 11) is 0. The van der Waals surface area contributed by atoms with Gasteiger partial charge in [0, 0.05) is 12.5 Å². The largest absolute Gasteiger partial charge is 0.378 e. The Morgan fingerprint density at radius 3 is 2.90 bits per heavy atom. The van der Waals surface area contributed by atoms with Gasteiger partial charge in [0.15, 0.2) is 5.78 Å². The van der Waals surface area contributed by atoms with Gasteiger partial charge in [0.1, 0.15) is 0 Å². The van der Waals surface area contributed by atoms with Gasteiger partial charge in [-0.25, -0.2) is 0 Å². The Hall–Kier alpha value is -0.0800. The minimum Gasteiger partial charge on any atom is -0.378 e. The number of hydrogen-bond donors (Lipinski definition) is 0. The lowest BCUT2D eigenvalue weighted by Gasteiger charge is -2.09. The van der Waals surface area contributed by atoms with Gasteiger partial charge in [-0.15, -0.1) is 11.6 Å². The fourth-order valence-electron chi connectivity index (χ4n) is 1.25. The van der Waals surface area contributed by atoms with Crippen LogP contribution in [0.1, 0.15) is 13.3 Å². The maximum Gasteiger partial charge on any atom is 0.153 e. The summed E-state index contributed by atoms with van der Waals surface area (Å²) >= 11 is 5.39. The zero-order valence-corrected chi connectivity index (χ0v) is 6.73. The number of ketones is 1. The van der Waals surface area contributed by atoms with Crippen LogP contribution in [0.15, 0.2) is 0 Å². The summed E-state index contributed by atoms with van der Waals surface area (Å²) < 4.78 is 5.21. The van der Waals surface area contributed by atoms with Gasteiger partial charge in [-0.05, 0) is 13.3 Å². The monoisotopic (exact) mass is 162 g/mol. The normalized spacial score (nSPS) is 32.6. The maximum absolute atomic E-state index is 11.0. The molecule has 10 heavy (non-hydrogen) atoms. The van der Waals surface area contributed by atoms with E-state index in [4.69, 9.17) is 16.3 Å². The van der Waals surface area contributed by atoms with Gasteiger partial charge < -0.3 is 4.74 Å². The van der Waals surface area contributed by atoms with E-state index in [1.54, 1.807) is 0 Å². The summed E-state index contributed by atoms with van der Waals surface area (Å²) in [6, 6.07) is 0. The predicted molar refractivity (Wildman–Crippen MR) is 39.2 cm³/mol. The van der Waals surface area contributed by atoms with Crippen LogP contribution in [0.4, 0.5) is 0 Å². The molecule has 58 valence electrons. The summed E-state index contributed by atoms with van der Waals surface area (Å²) in [5, 5.41) is 0. The molecular formula is C7H11ClO2. The van der Waals surface area contributed by atoms with Gasteiger partial charge in [0.2, 0.25) is 0 Å². The summed E-state index contributed by atoms with van der Waals surface area (Å²) in [5.41, 5.74) is 0. The molecule has 0 amide bonds. The van der Waals surface area contributed by atoms with E-state index in [2.05, 4.69) is 0 Å². The molecule has 2 atom stereocenters. The topological polar surface area (TPSA) is 26.3 Å². The van der Waals surface area contributed by atoms with Crippen molar-refractivity contribution < 1.29 is 9.53 Å². The quantitative estimate of drug-likeness (QED) is 0.571. The third kappa shape index (κ3) is 1.50. The smallest absolute Gasteiger partial charge is 0.153 e. The molecular weight excluding hydrogens is 152 g/mol. The molecule has 1 fully saturated rings. The number of carbonyl (C=O) groups excluding carboxylic acids is 1. The molecule has 0 bridgehead atoms. The highest BCUT2D eigenvalue weighted by atomic mass is 35.5. The summed E-state index contributed by atoms with van der Waals surface area (Å²) in [5.74, 6) is 0.294. The molecule has 0 N–H and O–H groups in total. The van der Waals surface area contributed by atoms with Gasteiger partial charge in [0.25, 0.3) is 0 Å². The molecule has 2 unspecified atom stereocenters. The van der Waals surface area contributed by atoms with E-state index in [-0.39, 0.29) is 23.7 Å². The van der Waals surface area contributed by atoms with E-state index < -0.39 is 0 Å². The Morgan fingerprint density at radius 2 is 2.50 bits per heavy atom. The Labute approximate surface area is 65.5 Å². The second-order valence-electron chi connectivity index (χ2n) is 2.57. The van der Waals surface area contributed by atoms with Crippen LogP contribution in [0, 0.1) is 5.92 Å². The van der Waals surface area contributed by atoms with Crippen molar-refractivity contribution in [3.05, 3.63) is 0 Å². The average molecular weight is 163 g/mol. The highest BCUT2D eigenvalue weighted by Gasteiger charge is 2.29. The Balaban J connectivity index is 2.46. The second-order valence-corrected chi connectivity index (χ2v) is 2.84. The van der Waals surface area contributed by atoms with Crippen LogP contribution in [0.3, 0.4) is 0 Å². The highest BCUT2D eigenvalue weighted by molar-refractivity contribution is 6.27. The van der Waals surface area contributed by atoms with Crippen LogP contribution in [0.25, 0.3) is 0 Å². The minimum absolute atomic E-state index is 0.0532. The van der Waals surface area contributed by atoms with E-state index >= 15 is 0 Å². The van der Waals surface area contributed by atoms with Crippen LogP contribution < -0.4 is 0 Å². The fourth-order valence-corrected chi connectivity index (χ4v) is 1.45. The van der Waals surface area contributed by atoms with Crippen molar-refractivity contribution in [2.75, 3.05) is 12.5 Å². The molecule has 0 radical (unpaired) electrons. The predicted octanol–water partition coefficient (Wildman–Crippen LogP) is 1.22. The van der Waals surface area contributed by atoms with E-state index in [0.29, 0.717) is 6.61 Å². The Kier molecular flexibility index (Phi) is 2.69. The molecule has 0 saturated carbocycles. The number of Topliss-reactive ketones (excluding diaryl/α,β-unsaturated/α-hetero) is 1. The molecule has 1 rings (SSSR count). The van der Waals surface area contributed by atoms with Gasteiger partial charge in [-0.2, -0.15) is 0 Å². The summed E-state index contributed by atoms with van der Waals surface area (Å²) in [6.07, 6.45) is 0.915. The molecule has 2 nitrogen and oxygen atoms in total. The molecule has 1 saturated heterocycles. The van der Waals surface area contributed by atoms with Crippen molar-refractivity contribution >= 4 is 17.4 Å².